The van der Waals surface area contributed by atoms with E-state index < -0.39 is 0 Å². The van der Waals surface area contributed by atoms with Gasteiger partial charge >= 0.3 is 0 Å². The minimum absolute atomic E-state index is 0.00840. The average molecular weight is 322 g/mol. The molecule has 114 valence electrons. The third-order valence-electron chi connectivity index (χ3n) is 3.59. The lowest BCUT2D eigenvalue weighted by molar-refractivity contribution is -0.131. The molecule has 1 saturated carbocycles. The number of benzene rings is 1. The van der Waals surface area contributed by atoms with E-state index in [0.29, 0.717) is 6.04 Å². The van der Waals surface area contributed by atoms with Gasteiger partial charge in [-0.15, -0.1) is 30.1 Å². The van der Waals surface area contributed by atoms with Crippen molar-refractivity contribution in [1.82, 2.24) is 4.90 Å². The first kappa shape index (κ1) is 16.5. The normalized spacial score (nSPS) is 15.5. The zero-order valence-corrected chi connectivity index (χ0v) is 14.4. The van der Waals surface area contributed by atoms with Gasteiger partial charge in [0.25, 0.3) is 0 Å². The van der Waals surface area contributed by atoms with Gasteiger partial charge in [0, 0.05) is 23.2 Å². The summed E-state index contributed by atoms with van der Waals surface area (Å²) in [6, 6.07) is 8.98. The monoisotopic (exact) mass is 321 g/mol. The first-order chi connectivity index (χ1) is 10.2. The summed E-state index contributed by atoms with van der Waals surface area (Å²) in [5.41, 5.74) is 1.22. The predicted molar refractivity (Wildman–Crippen MR) is 93.9 cm³/mol. The molecule has 0 radical (unpaired) electrons. The average Bonchev–Trinajstić information content (AvgIpc) is 3.34. The van der Waals surface area contributed by atoms with E-state index in [4.69, 9.17) is 0 Å². The molecule has 1 aromatic rings. The molecule has 1 aromatic carbocycles. The third-order valence-corrected chi connectivity index (χ3v) is 5.47. The van der Waals surface area contributed by atoms with Crippen molar-refractivity contribution in [3.05, 3.63) is 42.5 Å². The highest BCUT2D eigenvalue weighted by Crippen LogP contribution is 2.30. The molecule has 1 aliphatic rings. The second-order valence-electron chi connectivity index (χ2n) is 5.31. The molecule has 0 saturated heterocycles. The molecule has 1 amide bonds. The van der Waals surface area contributed by atoms with Crippen molar-refractivity contribution >= 4 is 29.4 Å². The van der Waals surface area contributed by atoms with Crippen LogP contribution in [0.25, 0.3) is 0 Å². The summed E-state index contributed by atoms with van der Waals surface area (Å²) in [4.78, 5) is 16.0. The van der Waals surface area contributed by atoms with Crippen LogP contribution < -0.4 is 0 Å². The van der Waals surface area contributed by atoms with Gasteiger partial charge in [0.2, 0.25) is 5.91 Å². The summed E-state index contributed by atoms with van der Waals surface area (Å²) in [6.07, 6.45) is 6.23. The van der Waals surface area contributed by atoms with Crippen LogP contribution in [0.2, 0.25) is 0 Å². The van der Waals surface area contributed by atoms with Crippen molar-refractivity contribution in [3.8, 4) is 0 Å². The molecule has 1 aliphatic carbocycles. The molecule has 2 nitrogen and oxygen atoms in total. The van der Waals surface area contributed by atoms with Crippen LogP contribution in [0.5, 0.6) is 0 Å². The summed E-state index contributed by atoms with van der Waals surface area (Å²) >= 11 is 3.40. The van der Waals surface area contributed by atoms with E-state index in [1.165, 1.54) is 10.5 Å². The Hall–Kier alpha value is -0.870. The van der Waals surface area contributed by atoms with Crippen LogP contribution in [-0.2, 0) is 11.3 Å². The van der Waals surface area contributed by atoms with Crippen LogP contribution >= 0.6 is 23.5 Å². The third kappa shape index (κ3) is 4.82. The van der Waals surface area contributed by atoms with Gasteiger partial charge in [-0.1, -0.05) is 18.2 Å². The minimum atomic E-state index is 0.00840. The van der Waals surface area contributed by atoms with Crippen LogP contribution in [0.1, 0.15) is 25.3 Å². The van der Waals surface area contributed by atoms with Gasteiger partial charge in [0.05, 0.1) is 5.25 Å². The van der Waals surface area contributed by atoms with Crippen LogP contribution in [0.4, 0.5) is 0 Å². The zero-order valence-electron chi connectivity index (χ0n) is 12.7. The largest absolute Gasteiger partial charge is 0.334 e. The Morgan fingerprint density at radius 1 is 1.43 bits per heavy atom. The Kier molecular flexibility index (Phi) is 6.24. The molecule has 0 heterocycles. The Bertz CT molecular complexity index is 482. The topological polar surface area (TPSA) is 20.3 Å². The highest BCUT2D eigenvalue weighted by Gasteiger charge is 2.34. The second kappa shape index (κ2) is 7.95. The maximum atomic E-state index is 12.6. The van der Waals surface area contributed by atoms with Crippen LogP contribution in [0.3, 0.4) is 0 Å². The molecule has 0 spiro atoms. The number of hydrogen-bond acceptors (Lipinski definition) is 3. The van der Waals surface area contributed by atoms with E-state index in [0.717, 1.165) is 25.1 Å². The lowest BCUT2D eigenvalue weighted by Crippen LogP contribution is -2.37. The Labute approximate surface area is 136 Å². The first-order valence-corrected chi connectivity index (χ1v) is 9.59. The van der Waals surface area contributed by atoms with Gasteiger partial charge in [-0.25, -0.2) is 0 Å². The quantitative estimate of drug-likeness (QED) is 0.528. The standard InChI is InChI=1S/C17H23NOS2/c1-4-11-21-13(2)17(19)18(15-7-8-15)12-14-5-9-16(20-3)10-6-14/h4-6,9-10,13,15H,1,7-8,11-12H2,2-3H3/t13-/m0/s1. The van der Waals surface area contributed by atoms with Crippen molar-refractivity contribution in [3.63, 3.8) is 0 Å². The number of carbonyl (C=O) groups is 1. The summed E-state index contributed by atoms with van der Waals surface area (Å²) < 4.78 is 0. The van der Waals surface area contributed by atoms with Crippen LogP contribution in [-0.4, -0.2) is 34.1 Å². The van der Waals surface area contributed by atoms with E-state index in [1.54, 1.807) is 23.5 Å². The molecular weight excluding hydrogens is 298 g/mol. The Morgan fingerprint density at radius 2 is 2.10 bits per heavy atom. The molecule has 0 aromatic heterocycles. The molecule has 21 heavy (non-hydrogen) atoms. The van der Waals surface area contributed by atoms with Crippen molar-refractivity contribution in [1.29, 1.82) is 0 Å². The lowest BCUT2D eigenvalue weighted by atomic mass is 10.2. The van der Waals surface area contributed by atoms with E-state index in [9.17, 15) is 4.79 Å². The van der Waals surface area contributed by atoms with E-state index >= 15 is 0 Å². The maximum absolute atomic E-state index is 12.6. The van der Waals surface area contributed by atoms with Crippen LogP contribution in [0.15, 0.2) is 41.8 Å². The first-order valence-electron chi connectivity index (χ1n) is 7.31. The minimum Gasteiger partial charge on any atom is -0.334 e. The van der Waals surface area contributed by atoms with Gasteiger partial charge in [-0.3, -0.25) is 4.79 Å². The van der Waals surface area contributed by atoms with Crippen molar-refractivity contribution in [2.45, 2.75) is 42.5 Å². The van der Waals surface area contributed by atoms with Gasteiger partial charge in [0.1, 0.15) is 0 Å². The number of hydrogen-bond donors (Lipinski definition) is 0. The van der Waals surface area contributed by atoms with Crippen LogP contribution in [0, 0.1) is 0 Å². The van der Waals surface area contributed by atoms with Gasteiger partial charge in [0.15, 0.2) is 0 Å². The predicted octanol–water partition coefficient (Wildman–Crippen LogP) is 4.21. The smallest absolute Gasteiger partial charge is 0.235 e. The molecule has 4 heteroatoms. The summed E-state index contributed by atoms with van der Waals surface area (Å²) in [5, 5.41) is 0.00840. The number of nitrogens with zero attached hydrogens (tertiary/aromatic N) is 1. The molecule has 0 bridgehead atoms. The number of thioether (sulfide) groups is 2. The fourth-order valence-electron chi connectivity index (χ4n) is 2.22. The zero-order chi connectivity index (χ0) is 15.2. The Morgan fingerprint density at radius 3 is 2.62 bits per heavy atom. The molecule has 0 aliphatic heterocycles. The van der Waals surface area contributed by atoms with Gasteiger partial charge in [-0.2, -0.15) is 0 Å². The molecule has 0 unspecified atom stereocenters. The van der Waals surface area contributed by atoms with E-state index in [-0.39, 0.29) is 11.2 Å². The highest BCUT2D eigenvalue weighted by molar-refractivity contribution is 8.00. The molecular formula is C17H23NOS2. The highest BCUT2D eigenvalue weighted by atomic mass is 32.2. The van der Waals surface area contributed by atoms with Crippen molar-refractivity contribution in [2.75, 3.05) is 12.0 Å². The maximum Gasteiger partial charge on any atom is 0.235 e. The molecule has 0 N–H and O–H groups in total. The molecule has 1 fully saturated rings. The van der Waals surface area contributed by atoms with Gasteiger partial charge < -0.3 is 4.90 Å². The van der Waals surface area contributed by atoms with E-state index in [2.05, 4.69) is 42.0 Å². The summed E-state index contributed by atoms with van der Waals surface area (Å²) in [5.74, 6) is 1.09. The van der Waals surface area contributed by atoms with Gasteiger partial charge in [-0.05, 0) is 43.7 Å². The van der Waals surface area contributed by atoms with Crippen molar-refractivity contribution in [2.24, 2.45) is 0 Å². The second-order valence-corrected chi connectivity index (χ2v) is 7.56. The molecule has 2 rings (SSSR count). The summed E-state index contributed by atoms with van der Waals surface area (Å²) in [6.45, 7) is 6.46. The SMILES string of the molecule is C=CCS[C@@H](C)C(=O)N(Cc1ccc(SC)cc1)C1CC1. The number of carbonyl (C=O) groups excluding carboxylic acids is 1. The number of rotatable bonds is 8. The lowest BCUT2D eigenvalue weighted by Gasteiger charge is -2.25. The summed E-state index contributed by atoms with van der Waals surface area (Å²) in [7, 11) is 0. The number of amides is 1. The fourth-order valence-corrected chi connectivity index (χ4v) is 3.33. The fraction of sp³-hybridized carbons (Fsp3) is 0.471. The van der Waals surface area contributed by atoms with Crippen molar-refractivity contribution < 1.29 is 4.79 Å². The van der Waals surface area contributed by atoms with E-state index in [1.807, 2.05) is 13.0 Å². The Balaban J connectivity index is 2.01. The molecule has 1 atom stereocenters.